The maximum atomic E-state index is 12.2. The van der Waals surface area contributed by atoms with Crippen LogP contribution in [0.2, 0.25) is 0 Å². The number of rotatable bonds is 5. The van der Waals surface area contributed by atoms with Crippen LogP contribution in [0.25, 0.3) is 10.8 Å². The van der Waals surface area contributed by atoms with Crippen molar-refractivity contribution in [3.63, 3.8) is 0 Å². The lowest BCUT2D eigenvalue weighted by Crippen LogP contribution is -2.49. The van der Waals surface area contributed by atoms with Gasteiger partial charge in [-0.15, -0.1) is 0 Å². The number of carbonyl (C=O) groups excluding carboxylic acids is 3. The molecule has 0 atom stereocenters. The molecule has 0 radical (unpaired) electrons. The van der Waals surface area contributed by atoms with E-state index in [0.717, 1.165) is 19.7 Å². The van der Waals surface area contributed by atoms with Gasteiger partial charge in [-0.1, -0.05) is 28.1 Å². The molecule has 8 nitrogen and oxygen atoms in total. The van der Waals surface area contributed by atoms with Crippen LogP contribution >= 0.6 is 44.1 Å². The molecule has 0 saturated carbocycles. The first kappa shape index (κ1) is 24.6. The lowest BCUT2D eigenvalue weighted by Gasteiger charge is -2.13. The van der Waals surface area contributed by atoms with Crippen molar-refractivity contribution in [1.82, 2.24) is 16.2 Å². The average Bonchev–Trinajstić information content (AvgIpc) is 2.81. The third kappa shape index (κ3) is 6.50. The van der Waals surface area contributed by atoms with Crippen molar-refractivity contribution < 1.29 is 23.9 Å². The standard InChI is InChI=1S/C22H17Br2N3O5S/c1-31-21(30)13-4-2-12(3-5-13)20(29)25-22(33)27-26-18(28)11-32-17-9-6-14-10-15(23)7-8-16(14)19(17)24/h2-10H,11H2,1H3,(H,26,28)(H2,25,27,29,33). The lowest BCUT2D eigenvalue weighted by molar-refractivity contribution is -0.123. The summed E-state index contributed by atoms with van der Waals surface area (Å²) >= 11 is 11.9. The summed E-state index contributed by atoms with van der Waals surface area (Å²) in [5.41, 5.74) is 5.38. The van der Waals surface area contributed by atoms with Crippen LogP contribution in [0.3, 0.4) is 0 Å². The van der Waals surface area contributed by atoms with Gasteiger partial charge in [-0.2, -0.15) is 0 Å². The topological polar surface area (TPSA) is 106 Å². The molecule has 0 heterocycles. The molecule has 33 heavy (non-hydrogen) atoms. The normalized spacial score (nSPS) is 10.3. The Labute approximate surface area is 211 Å². The fourth-order valence-corrected chi connectivity index (χ4v) is 3.87. The molecule has 170 valence electrons. The van der Waals surface area contributed by atoms with Crippen LogP contribution in [-0.4, -0.2) is 36.6 Å². The number of halogens is 2. The summed E-state index contributed by atoms with van der Waals surface area (Å²) in [6.45, 7) is -0.279. The Morgan fingerprint density at radius 2 is 1.64 bits per heavy atom. The van der Waals surface area contributed by atoms with E-state index in [1.807, 2.05) is 24.3 Å². The van der Waals surface area contributed by atoms with E-state index in [-0.39, 0.29) is 17.3 Å². The van der Waals surface area contributed by atoms with Gasteiger partial charge in [0.1, 0.15) is 5.75 Å². The molecule has 0 aliphatic carbocycles. The fourth-order valence-electron chi connectivity index (χ4n) is 2.74. The predicted octanol–water partition coefficient (Wildman–Crippen LogP) is 3.87. The number of carbonyl (C=O) groups is 3. The van der Waals surface area contributed by atoms with Crippen molar-refractivity contribution in [2.75, 3.05) is 13.7 Å². The highest BCUT2D eigenvalue weighted by molar-refractivity contribution is 9.11. The van der Waals surface area contributed by atoms with Gasteiger partial charge in [0, 0.05) is 10.0 Å². The third-order valence-corrected chi connectivity index (χ3v) is 5.87. The number of hydrazine groups is 1. The van der Waals surface area contributed by atoms with E-state index in [0.29, 0.717) is 11.3 Å². The van der Waals surface area contributed by atoms with Crippen molar-refractivity contribution >= 4 is 77.7 Å². The van der Waals surface area contributed by atoms with Crippen molar-refractivity contribution in [2.45, 2.75) is 0 Å². The van der Waals surface area contributed by atoms with Crippen LogP contribution in [0, 0.1) is 0 Å². The molecule has 0 unspecified atom stereocenters. The van der Waals surface area contributed by atoms with E-state index in [2.05, 4.69) is 52.8 Å². The van der Waals surface area contributed by atoms with Gasteiger partial charge >= 0.3 is 5.97 Å². The molecule has 3 rings (SSSR count). The second-order valence-electron chi connectivity index (χ2n) is 6.56. The van der Waals surface area contributed by atoms with Gasteiger partial charge in [0.05, 0.1) is 17.1 Å². The second-order valence-corrected chi connectivity index (χ2v) is 8.67. The second kappa shape index (κ2) is 11.2. The van der Waals surface area contributed by atoms with Crippen LogP contribution in [0.5, 0.6) is 5.75 Å². The van der Waals surface area contributed by atoms with Crippen molar-refractivity contribution in [1.29, 1.82) is 0 Å². The SMILES string of the molecule is COC(=O)c1ccc(C(=O)NC(=S)NNC(=O)COc2ccc3cc(Br)ccc3c2Br)cc1. The van der Waals surface area contributed by atoms with Crippen molar-refractivity contribution in [3.8, 4) is 5.75 Å². The molecule has 0 aliphatic heterocycles. The maximum Gasteiger partial charge on any atom is 0.337 e. The largest absolute Gasteiger partial charge is 0.483 e. The zero-order valence-electron chi connectivity index (χ0n) is 17.1. The number of methoxy groups -OCH3 is 1. The molecule has 3 aromatic rings. The van der Waals surface area contributed by atoms with Crippen molar-refractivity contribution in [2.24, 2.45) is 0 Å². The third-order valence-electron chi connectivity index (χ3n) is 4.35. The number of benzene rings is 3. The Hall–Kier alpha value is -3.02. The Kier molecular flexibility index (Phi) is 8.37. The predicted molar refractivity (Wildman–Crippen MR) is 134 cm³/mol. The van der Waals surface area contributed by atoms with E-state index < -0.39 is 17.8 Å². The van der Waals surface area contributed by atoms with Gasteiger partial charge in [0.15, 0.2) is 11.7 Å². The van der Waals surface area contributed by atoms with E-state index in [1.165, 1.54) is 31.4 Å². The number of thiocarbonyl (C=S) groups is 1. The summed E-state index contributed by atoms with van der Waals surface area (Å²) in [6, 6.07) is 15.3. The van der Waals surface area contributed by atoms with Gasteiger partial charge in [-0.05, 0) is 81.4 Å². The van der Waals surface area contributed by atoms with E-state index in [4.69, 9.17) is 17.0 Å². The lowest BCUT2D eigenvalue weighted by atomic mass is 10.1. The molecule has 0 saturated heterocycles. The van der Waals surface area contributed by atoms with Crippen LogP contribution in [-0.2, 0) is 9.53 Å². The first-order valence-corrected chi connectivity index (χ1v) is 11.4. The highest BCUT2D eigenvalue weighted by Crippen LogP contribution is 2.34. The Bertz CT molecular complexity index is 1230. The molecule has 3 N–H and O–H groups in total. The number of fused-ring (bicyclic) bond motifs is 1. The highest BCUT2D eigenvalue weighted by Gasteiger charge is 2.12. The van der Waals surface area contributed by atoms with Gasteiger partial charge in [0.2, 0.25) is 0 Å². The van der Waals surface area contributed by atoms with Gasteiger partial charge in [0.25, 0.3) is 11.8 Å². The minimum atomic E-state index is -0.513. The van der Waals surface area contributed by atoms with Crippen molar-refractivity contribution in [3.05, 3.63) is 74.7 Å². The summed E-state index contributed by atoms with van der Waals surface area (Å²) in [5, 5.41) is 4.26. The van der Waals surface area contributed by atoms with Gasteiger partial charge < -0.3 is 9.47 Å². The average molecular weight is 595 g/mol. The minimum absolute atomic E-state index is 0.108. The molecule has 11 heteroatoms. The van der Waals surface area contributed by atoms with E-state index in [9.17, 15) is 14.4 Å². The number of amides is 2. The van der Waals surface area contributed by atoms with Gasteiger partial charge in [-0.25, -0.2) is 4.79 Å². The minimum Gasteiger partial charge on any atom is -0.483 e. The molecule has 2 amide bonds. The van der Waals surface area contributed by atoms with Gasteiger partial charge in [-0.3, -0.25) is 25.8 Å². The smallest absolute Gasteiger partial charge is 0.337 e. The molecule has 0 aliphatic rings. The number of hydrogen-bond acceptors (Lipinski definition) is 6. The Morgan fingerprint density at radius 1 is 0.939 bits per heavy atom. The summed E-state index contributed by atoms with van der Waals surface area (Å²) in [4.78, 5) is 35.8. The summed E-state index contributed by atoms with van der Waals surface area (Å²) in [6.07, 6.45) is 0. The number of ether oxygens (including phenoxy) is 2. The number of nitrogens with one attached hydrogen (secondary N) is 3. The number of hydrogen-bond donors (Lipinski definition) is 3. The summed E-state index contributed by atoms with van der Waals surface area (Å²) in [5.74, 6) is -1.02. The fraction of sp³-hybridized carbons (Fsp3) is 0.0909. The Balaban J connectivity index is 1.47. The summed E-state index contributed by atoms with van der Waals surface area (Å²) < 4.78 is 11.9. The van der Waals surface area contributed by atoms with Crippen LogP contribution in [0.1, 0.15) is 20.7 Å². The van der Waals surface area contributed by atoms with Crippen LogP contribution < -0.4 is 20.9 Å². The zero-order chi connectivity index (χ0) is 24.0. The van der Waals surface area contributed by atoms with Crippen LogP contribution in [0.4, 0.5) is 0 Å². The first-order chi connectivity index (χ1) is 15.8. The number of esters is 1. The molecular formula is C22H17Br2N3O5S. The molecule has 0 bridgehead atoms. The molecular weight excluding hydrogens is 578 g/mol. The maximum absolute atomic E-state index is 12.2. The highest BCUT2D eigenvalue weighted by atomic mass is 79.9. The first-order valence-electron chi connectivity index (χ1n) is 9.37. The van der Waals surface area contributed by atoms with Crippen LogP contribution in [0.15, 0.2) is 63.5 Å². The zero-order valence-corrected chi connectivity index (χ0v) is 21.1. The molecule has 3 aromatic carbocycles. The monoisotopic (exact) mass is 593 g/mol. The molecule has 0 spiro atoms. The molecule has 0 aromatic heterocycles. The molecule has 0 fully saturated rings. The van der Waals surface area contributed by atoms with E-state index in [1.54, 1.807) is 6.07 Å². The summed E-state index contributed by atoms with van der Waals surface area (Å²) in [7, 11) is 1.27. The Morgan fingerprint density at radius 3 is 2.33 bits per heavy atom. The van der Waals surface area contributed by atoms with E-state index >= 15 is 0 Å². The quantitative estimate of drug-likeness (QED) is 0.234.